The van der Waals surface area contributed by atoms with Crippen molar-refractivity contribution in [1.29, 1.82) is 0 Å². The van der Waals surface area contributed by atoms with E-state index in [1.807, 2.05) is 30.0 Å². The highest BCUT2D eigenvalue weighted by atomic mass is 35.5. The Bertz CT molecular complexity index is 1900. The van der Waals surface area contributed by atoms with E-state index < -0.39 is 0 Å². The van der Waals surface area contributed by atoms with Crippen LogP contribution in [0.3, 0.4) is 0 Å². The first-order valence-electron chi connectivity index (χ1n) is 17.1. The number of hydrogen-bond donors (Lipinski definition) is 0. The van der Waals surface area contributed by atoms with Crippen LogP contribution < -0.4 is 14.2 Å². The Hall–Kier alpha value is -5.18. The molecule has 0 saturated carbocycles. The maximum absolute atomic E-state index is 13.1. The number of nitrogens with zero attached hydrogens (tertiary/aromatic N) is 3. The van der Waals surface area contributed by atoms with Crippen molar-refractivity contribution in [2.24, 2.45) is 0 Å². The van der Waals surface area contributed by atoms with Gasteiger partial charge in [-0.15, -0.1) is 0 Å². The molecule has 0 N–H and O–H groups in total. The molecule has 1 saturated heterocycles. The molecule has 1 aliphatic heterocycles. The number of halogens is 2. The average Bonchev–Trinajstić information content (AvgIpc) is 3.14. The van der Waals surface area contributed by atoms with E-state index in [9.17, 15) is 9.18 Å². The lowest BCUT2D eigenvalue weighted by molar-refractivity contribution is -0.127. The van der Waals surface area contributed by atoms with Crippen LogP contribution in [0.4, 0.5) is 4.39 Å². The molecule has 1 aromatic heterocycles. The minimum absolute atomic E-state index is 0.0214. The average molecular weight is 706 g/mol. The lowest BCUT2D eigenvalue weighted by Gasteiger charge is -2.34. The van der Waals surface area contributed by atoms with Gasteiger partial charge in [0, 0.05) is 51.3 Å². The van der Waals surface area contributed by atoms with Crippen LogP contribution in [0, 0.1) is 19.7 Å². The number of hydrogen-bond acceptors (Lipinski definition) is 6. The highest BCUT2D eigenvalue weighted by Crippen LogP contribution is 2.34. The number of carbonyl (C=O) groups excluding carboxylic acids is 1. The third-order valence-electron chi connectivity index (χ3n) is 8.70. The molecule has 0 radical (unpaired) electrons. The van der Waals surface area contributed by atoms with Gasteiger partial charge in [0.05, 0.1) is 17.8 Å². The smallest absolute Gasteiger partial charge is 0.246 e. The Labute approximate surface area is 303 Å². The second-order valence-electron chi connectivity index (χ2n) is 12.7. The van der Waals surface area contributed by atoms with Crippen LogP contribution in [0.15, 0.2) is 109 Å². The van der Waals surface area contributed by atoms with Gasteiger partial charge in [0.15, 0.2) is 5.75 Å². The van der Waals surface area contributed by atoms with Crippen molar-refractivity contribution in [3.8, 4) is 23.1 Å². The van der Waals surface area contributed by atoms with Gasteiger partial charge in [-0.05, 0) is 90.2 Å². The van der Waals surface area contributed by atoms with Crippen molar-refractivity contribution in [1.82, 2.24) is 14.8 Å². The van der Waals surface area contributed by atoms with E-state index in [2.05, 4.69) is 53.2 Å². The zero-order chi connectivity index (χ0) is 35.6. The number of rotatable bonds is 13. The molecule has 0 atom stereocenters. The number of carbonyl (C=O) groups is 1. The second kappa shape index (κ2) is 17.2. The number of aryl methyl sites for hydroxylation is 2. The summed E-state index contributed by atoms with van der Waals surface area (Å²) < 4.78 is 30.7. The Morgan fingerprint density at radius 1 is 0.824 bits per heavy atom. The Balaban J connectivity index is 0.931. The molecular weight excluding hydrogens is 665 g/mol. The molecular formula is C42H41ClFN3O4. The van der Waals surface area contributed by atoms with E-state index in [4.69, 9.17) is 25.8 Å². The molecule has 5 aromatic rings. The Morgan fingerprint density at radius 3 is 2.20 bits per heavy atom. The topological polar surface area (TPSA) is 64.1 Å². The summed E-state index contributed by atoms with van der Waals surface area (Å²) in [6.07, 6.45) is 5.82. The maximum atomic E-state index is 13.1. The van der Waals surface area contributed by atoms with Crippen molar-refractivity contribution in [3.05, 3.63) is 154 Å². The lowest BCUT2D eigenvalue weighted by Crippen LogP contribution is -2.47. The standard InChI is InChI=1S/C42H41ClFN3O4/c1-30-3-14-37(15-4-30)49-24-19-32-5-7-33(8-6-32)28-46-20-22-47(23-21-46)41(48)18-11-35-25-31(2)42(39(43)26-35)51-40-17-16-38(27-45-40)50-29-34-9-12-36(44)13-10-34/h3-18,25-27H,19-24,28-29H2,1-2H3/b18-11+. The Kier molecular flexibility index (Phi) is 12.0. The van der Waals surface area contributed by atoms with Crippen molar-refractivity contribution < 1.29 is 23.4 Å². The summed E-state index contributed by atoms with van der Waals surface area (Å²) in [5.74, 6) is 2.00. The minimum atomic E-state index is -0.288. The van der Waals surface area contributed by atoms with Crippen LogP contribution in [-0.4, -0.2) is 53.5 Å². The zero-order valence-corrected chi connectivity index (χ0v) is 29.6. The van der Waals surface area contributed by atoms with E-state index in [-0.39, 0.29) is 11.7 Å². The predicted molar refractivity (Wildman–Crippen MR) is 199 cm³/mol. The van der Waals surface area contributed by atoms with Crippen LogP contribution in [0.2, 0.25) is 5.02 Å². The molecule has 9 heteroatoms. The lowest BCUT2D eigenvalue weighted by atomic mass is 10.1. The summed E-state index contributed by atoms with van der Waals surface area (Å²) in [5.41, 5.74) is 6.20. The normalized spacial score (nSPS) is 13.4. The van der Waals surface area contributed by atoms with E-state index in [1.165, 1.54) is 28.8 Å². The van der Waals surface area contributed by atoms with Crippen molar-refractivity contribution >= 4 is 23.6 Å². The molecule has 0 aliphatic carbocycles. The van der Waals surface area contributed by atoms with Gasteiger partial charge in [-0.25, -0.2) is 9.37 Å². The van der Waals surface area contributed by atoms with E-state index >= 15 is 0 Å². The molecule has 262 valence electrons. The fraction of sp³-hybridized carbons (Fsp3) is 0.238. The van der Waals surface area contributed by atoms with E-state index in [1.54, 1.807) is 48.7 Å². The van der Waals surface area contributed by atoms with Gasteiger partial charge in [-0.1, -0.05) is 65.7 Å². The van der Waals surface area contributed by atoms with Gasteiger partial charge >= 0.3 is 0 Å². The molecule has 4 aromatic carbocycles. The quantitative estimate of drug-likeness (QED) is 0.114. The summed E-state index contributed by atoms with van der Waals surface area (Å²) in [4.78, 5) is 21.6. The van der Waals surface area contributed by atoms with Crippen molar-refractivity contribution in [2.75, 3.05) is 32.8 Å². The number of pyridine rings is 1. The molecule has 0 unspecified atom stereocenters. The van der Waals surface area contributed by atoms with E-state index in [0.29, 0.717) is 48.7 Å². The van der Waals surface area contributed by atoms with Gasteiger partial charge < -0.3 is 19.1 Å². The number of ether oxygens (including phenoxy) is 3. The third kappa shape index (κ3) is 10.4. The largest absolute Gasteiger partial charge is 0.493 e. The van der Waals surface area contributed by atoms with Crippen molar-refractivity contribution in [3.63, 3.8) is 0 Å². The van der Waals surface area contributed by atoms with Gasteiger partial charge in [-0.2, -0.15) is 0 Å². The summed E-state index contributed by atoms with van der Waals surface area (Å²) in [6, 6.07) is 30.1. The number of aromatic nitrogens is 1. The third-order valence-corrected chi connectivity index (χ3v) is 8.98. The number of piperazine rings is 1. The number of benzene rings is 4. The first-order valence-corrected chi connectivity index (χ1v) is 17.4. The fourth-order valence-electron chi connectivity index (χ4n) is 5.74. The molecule has 51 heavy (non-hydrogen) atoms. The van der Waals surface area contributed by atoms with E-state index in [0.717, 1.165) is 48.5 Å². The minimum Gasteiger partial charge on any atom is -0.493 e. The molecule has 1 aliphatic rings. The summed E-state index contributed by atoms with van der Waals surface area (Å²) in [7, 11) is 0. The molecule has 7 nitrogen and oxygen atoms in total. The van der Waals surface area contributed by atoms with Gasteiger partial charge in [0.1, 0.15) is 23.9 Å². The van der Waals surface area contributed by atoms with Crippen LogP contribution in [-0.2, 0) is 24.4 Å². The first-order chi connectivity index (χ1) is 24.8. The van der Waals surface area contributed by atoms with Crippen LogP contribution >= 0.6 is 11.6 Å². The van der Waals surface area contributed by atoms with Crippen LogP contribution in [0.1, 0.15) is 33.4 Å². The highest BCUT2D eigenvalue weighted by molar-refractivity contribution is 6.32. The number of amides is 1. The predicted octanol–water partition coefficient (Wildman–Crippen LogP) is 8.84. The molecule has 6 rings (SSSR count). The van der Waals surface area contributed by atoms with Gasteiger partial charge in [0.25, 0.3) is 0 Å². The summed E-state index contributed by atoms with van der Waals surface area (Å²) in [6.45, 7) is 8.74. The van der Waals surface area contributed by atoms with Crippen molar-refractivity contribution in [2.45, 2.75) is 33.4 Å². The summed E-state index contributed by atoms with van der Waals surface area (Å²) >= 11 is 6.60. The maximum Gasteiger partial charge on any atom is 0.246 e. The monoisotopic (exact) mass is 705 g/mol. The molecule has 1 fully saturated rings. The van der Waals surface area contributed by atoms with Gasteiger partial charge in [0.2, 0.25) is 11.8 Å². The SMILES string of the molecule is Cc1ccc(OCCc2ccc(CN3CCN(C(=O)/C=C/c4cc(C)c(Oc5ccc(OCc6ccc(F)cc6)cn5)c(Cl)c4)CC3)cc2)cc1. The molecule has 0 bridgehead atoms. The Morgan fingerprint density at radius 2 is 1.51 bits per heavy atom. The molecule has 1 amide bonds. The molecule has 2 heterocycles. The fourth-order valence-corrected chi connectivity index (χ4v) is 6.05. The van der Waals surface area contributed by atoms with Crippen LogP contribution in [0.25, 0.3) is 6.08 Å². The summed E-state index contributed by atoms with van der Waals surface area (Å²) in [5, 5.41) is 0.415. The second-order valence-corrected chi connectivity index (χ2v) is 13.1. The first kappa shape index (κ1) is 35.6. The molecule has 0 spiro atoms. The highest BCUT2D eigenvalue weighted by Gasteiger charge is 2.20. The van der Waals surface area contributed by atoms with Gasteiger partial charge in [-0.3, -0.25) is 9.69 Å². The van der Waals surface area contributed by atoms with Crippen LogP contribution in [0.5, 0.6) is 23.1 Å². The zero-order valence-electron chi connectivity index (χ0n) is 28.9.